The summed E-state index contributed by atoms with van der Waals surface area (Å²) in [5, 5.41) is 2.99. The predicted octanol–water partition coefficient (Wildman–Crippen LogP) is 4.18. The first-order chi connectivity index (χ1) is 13.4. The summed E-state index contributed by atoms with van der Waals surface area (Å²) in [7, 11) is -3.79. The molecule has 7 heteroatoms. The molecule has 148 valence electrons. The van der Waals surface area contributed by atoms with Crippen LogP contribution in [-0.4, -0.2) is 27.4 Å². The van der Waals surface area contributed by atoms with E-state index in [1.165, 1.54) is 22.5 Å². The van der Waals surface area contributed by atoms with E-state index in [0.29, 0.717) is 25.2 Å². The molecule has 1 heterocycles. The molecule has 0 radical (unpaired) electrons. The number of carbonyl (C=O) groups is 1. The molecule has 1 aliphatic heterocycles. The van der Waals surface area contributed by atoms with Crippen LogP contribution in [0.1, 0.15) is 35.7 Å². The zero-order valence-electron chi connectivity index (χ0n) is 15.7. The molecule has 0 spiro atoms. The van der Waals surface area contributed by atoms with Crippen LogP contribution in [0.5, 0.6) is 0 Å². The third kappa shape index (κ3) is 4.23. The lowest BCUT2D eigenvalue weighted by atomic mass is 10.0. The van der Waals surface area contributed by atoms with Crippen molar-refractivity contribution in [3.05, 3.63) is 70.8 Å². The standard InChI is InChI=1S/C21H23ClN2O3S/c1-2-3-6-13-23-21(25)18-15-17(11-12-19(18)22)28(26,27)24-14-7-9-16-8-4-5-10-20(16)24/h2-5,8,10-12,15H,6-7,9,13-14H2,1H3,(H,23,25)/b3-2+. The van der Waals surface area contributed by atoms with Gasteiger partial charge in [0.1, 0.15) is 0 Å². The van der Waals surface area contributed by atoms with Crippen molar-refractivity contribution in [3.63, 3.8) is 0 Å². The molecule has 0 saturated carbocycles. The number of amides is 1. The molecule has 0 saturated heterocycles. The lowest BCUT2D eigenvalue weighted by Gasteiger charge is -2.30. The molecule has 28 heavy (non-hydrogen) atoms. The molecule has 0 fully saturated rings. The van der Waals surface area contributed by atoms with Crippen LogP contribution in [0.3, 0.4) is 0 Å². The van der Waals surface area contributed by atoms with Gasteiger partial charge in [-0.1, -0.05) is 42.0 Å². The Kier molecular flexibility index (Phi) is 6.42. The summed E-state index contributed by atoms with van der Waals surface area (Å²) in [6, 6.07) is 11.8. The number of fused-ring (bicyclic) bond motifs is 1. The van der Waals surface area contributed by atoms with Crippen molar-refractivity contribution in [1.29, 1.82) is 0 Å². The Morgan fingerprint density at radius 3 is 2.82 bits per heavy atom. The van der Waals surface area contributed by atoms with Gasteiger partial charge >= 0.3 is 0 Å². The molecular weight excluding hydrogens is 396 g/mol. The minimum Gasteiger partial charge on any atom is -0.352 e. The van der Waals surface area contributed by atoms with Crippen molar-refractivity contribution in [2.45, 2.75) is 31.1 Å². The van der Waals surface area contributed by atoms with Crippen LogP contribution >= 0.6 is 11.6 Å². The first-order valence-electron chi connectivity index (χ1n) is 9.24. The topological polar surface area (TPSA) is 66.5 Å². The summed E-state index contributed by atoms with van der Waals surface area (Å²) in [5.74, 6) is -0.384. The first kappa shape index (κ1) is 20.4. The maximum absolute atomic E-state index is 13.3. The van der Waals surface area contributed by atoms with Crippen LogP contribution in [0.25, 0.3) is 0 Å². The lowest BCUT2D eigenvalue weighted by molar-refractivity contribution is 0.0954. The first-order valence-corrected chi connectivity index (χ1v) is 11.1. The maximum atomic E-state index is 13.3. The fourth-order valence-electron chi connectivity index (χ4n) is 3.25. The second-order valence-corrected chi connectivity index (χ2v) is 8.83. The van der Waals surface area contributed by atoms with E-state index in [0.717, 1.165) is 18.4 Å². The number of para-hydroxylation sites is 1. The molecule has 5 nitrogen and oxygen atoms in total. The molecule has 1 N–H and O–H groups in total. The van der Waals surface area contributed by atoms with Crippen LogP contribution < -0.4 is 9.62 Å². The normalized spacial score (nSPS) is 14.1. The molecule has 0 unspecified atom stereocenters. The summed E-state index contributed by atoms with van der Waals surface area (Å²) in [6.07, 6.45) is 6.15. The molecule has 0 atom stereocenters. The summed E-state index contributed by atoms with van der Waals surface area (Å²) in [6.45, 7) is 2.77. The van der Waals surface area contributed by atoms with Crippen LogP contribution in [0, 0.1) is 0 Å². The molecule has 0 aromatic heterocycles. The highest BCUT2D eigenvalue weighted by molar-refractivity contribution is 7.92. The molecule has 0 bridgehead atoms. The van der Waals surface area contributed by atoms with Gasteiger partial charge in [-0.2, -0.15) is 0 Å². The summed E-state index contributed by atoms with van der Waals surface area (Å²) in [5.41, 5.74) is 1.86. The minimum atomic E-state index is -3.79. The molecule has 1 aliphatic rings. The third-order valence-electron chi connectivity index (χ3n) is 4.67. The second kappa shape index (κ2) is 8.80. The van der Waals surface area contributed by atoms with Crippen molar-refractivity contribution < 1.29 is 13.2 Å². The van der Waals surface area contributed by atoms with E-state index < -0.39 is 10.0 Å². The van der Waals surface area contributed by atoms with Gasteiger partial charge in [0.15, 0.2) is 0 Å². The quantitative estimate of drug-likeness (QED) is 0.565. The van der Waals surface area contributed by atoms with E-state index in [9.17, 15) is 13.2 Å². The van der Waals surface area contributed by atoms with Gasteiger partial charge in [-0.05, 0) is 56.0 Å². The summed E-state index contributed by atoms with van der Waals surface area (Å²) < 4.78 is 28.0. The highest BCUT2D eigenvalue weighted by Crippen LogP contribution is 2.32. The van der Waals surface area contributed by atoms with Gasteiger partial charge in [0.05, 0.1) is 21.2 Å². The van der Waals surface area contributed by atoms with Gasteiger partial charge in [0.2, 0.25) is 0 Å². The van der Waals surface area contributed by atoms with E-state index in [2.05, 4.69) is 5.32 Å². The summed E-state index contributed by atoms with van der Waals surface area (Å²) >= 11 is 6.16. The number of allylic oxidation sites excluding steroid dienone is 1. The van der Waals surface area contributed by atoms with E-state index in [4.69, 9.17) is 11.6 Å². The number of halogens is 1. The molecule has 3 rings (SSSR count). The Hall–Kier alpha value is -2.31. The Labute approximate surface area is 171 Å². The Morgan fingerprint density at radius 2 is 2.04 bits per heavy atom. The van der Waals surface area contributed by atoms with Gasteiger partial charge in [0, 0.05) is 13.1 Å². The largest absolute Gasteiger partial charge is 0.352 e. The van der Waals surface area contributed by atoms with Gasteiger partial charge in [-0.3, -0.25) is 9.10 Å². The number of aryl methyl sites for hydroxylation is 1. The van der Waals surface area contributed by atoms with Crippen LogP contribution in [0.15, 0.2) is 59.5 Å². The van der Waals surface area contributed by atoms with Gasteiger partial charge in [0.25, 0.3) is 15.9 Å². The fraction of sp³-hybridized carbons (Fsp3) is 0.286. The van der Waals surface area contributed by atoms with Crippen LogP contribution in [-0.2, 0) is 16.4 Å². The van der Waals surface area contributed by atoms with Crippen molar-refractivity contribution in [2.24, 2.45) is 0 Å². The van der Waals surface area contributed by atoms with Crippen molar-refractivity contribution in [2.75, 3.05) is 17.4 Å². The molecular formula is C21H23ClN2O3S. The van der Waals surface area contributed by atoms with Crippen molar-refractivity contribution in [3.8, 4) is 0 Å². The van der Waals surface area contributed by atoms with Crippen molar-refractivity contribution >= 4 is 33.2 Å². The number of rotatable bonds is 6. The Morgan fingerprint density at radius 1 is 1.25 bits per heavy atom. The molecule has 2 aromatic carbocycles. The number of hydrogen-bond acceptors (Lipinski definition) is 3. The molecule has 0 aliphatic carbocycles. The number of carbonyl (C=O) groups excluding carboxylic acids is 1. The average Bonchev–Trinajstić information content (AvgIpc) is 2.70. The van der Waals surface area contributed by atoms with Gasteiger partial charge in [-0.25, -0.2) is 8.42 Å². The average molecular weight is 419 g/mol. The number of anilines is 1. The predicted molar refractivity (Wildman–Crippen MR) is 113 cm³/mol. The maximum Gasteiger partial charge on any atom is 0.264 e. The summed E-state index contributed by atoms with van der Waals surface area (Å²) in [4.78, 5) is 12.5. The number of hydrogen-bond donors (Lipinski definition) is 1. The zero-order valence-corrected chi connectivity index (χ0v) is 17.3. The van der Waals surface area contributed by atoms with Crippen LogP contribution in [0.2, 0.25) is 5.02 Å². The fourth-order valence-corrected chi connectivity index (χ4v) is 5.02. The second-order valence-electron chi connectivity index (χ2n) is 6.56. The SMILES string of the molecule is C/C=C/CCNC(=O)c1cc(S(=O)(=O)N2CCCc3ccccc32)ccc1Cl. The Bertz CT molecular complexity index is 1000. The van der Waals surface area contributed by atoms with E-state index in [1.54, 1.807) is 0 Å². The van der Waals surface area contributed by atoms with E-state index >= 15 is 0 Å². The molecule has 2 aromatic rings. The number of sulfonamides is 1. The zero-order chi connectivity index (χ0) is 20.1. The number of nitrogens with zero attached hydrogens (tertiary/aromatic N) is 1. The highest BCUT2D eigenvalue weighted by Gasteiger charge is 2.29. The van der Waals surface area contributed by atoms with E-state index in [1.807, 2.05) is 43.3 Å². The van der Waals surface area contributed by atoms with Gasteiger partial charge < -0.3 is 5.32 Å². The Balaban J connectivity index is 1.90. The van der Waals surface area contributed by atoms with E-state index in [-0.39, 0.29) is 21.4 Å². The lowest BCUT2D eigenvalue weighted by Crippen LogP contribution is -2.35. The van der Waals surface area contributed by atoms with Crippen molar-refractivity contribution in [1.82, 2.24) is 5.32 Å². The monoisotopic (exact) mass is 418 g/mol. The molecule has 1 amide bonds. The van der Waals surface area contributed by atoms with Gasteiger partial charge in [-0.15, -0.1) is 0 Å². The highest BCUT2D eigenvalue weighted by atomic mass is 35.5. The van der Waals surface area contributed by atoms with Crippen LogP contribution in [0.4, 0.5) is 5.69 Å². The number of nitrogens with one attached hydrogen (secondary N) is 1. The third-order valence-corrected chi connectivity index (χ3v) is 6.81. The minimum absolute atomic E-state index is 0.0622. The number of benzene rings is 2. The smallest absolute Gasteiger partial charge is 0.264 e.